The van der Waals surface area contributed by atoms with E-state index in [1.807, 2.05) is 0 Å². The maximum Gasteiger partial charge on any atom is 0.179 e. The number of phenols is 1. The minimum Gasteiger partial charge on any atom is -0.508 e. The molecule has 3 rings (SSSR count). The highest BCUT2D eigenvalue weighted by Gasteiger charge is 2.37. The van der Waals surface area contributed by atoms with Gasteiger partial charge in [-0.2, -0.15) is 0 Å². The monoisotopic (exact) mass is 282 g/mol. The Morgan fingerprint density at radius 2 is 2.05 bits per heavy atom. The highest BCUT2D eigenvalue weighted by Crippen LogP contribution is 2.40. The molecule has 0 spiro atoms. The van der Waals surface area contributed by atoms with E-state index in [4.69, 9.17) is 0 Å². The molecule has 2 aliphatic heterocycles. The summed E-state index contributed by atoms with van der Waals surface area (Å²) in [6.45, 7) is 4.44. The van der Waals surface area contributed by atoms with Gasteiger partial charge in [0.25, 0.3) is 0 Å². The van der Waals surface area contributed by atoms with Crippen LogP contribution in [0.3, 0.4) is 0 Å². The van der Waals surface area contributed by atoms with Crippen molar-refractivity contribution in [1.82, 2.24) is 10.2 Å². The van der Waals surface area contributed by atoms with Crippen molar-refractivity contribution in [1.29, 1.82) is 0 Å². The largest absolute Gasteiger partial charge is 0.508 e. The van der Waals surface area contributed by atoms with E-state index < -0.39 is 9.84 Å². The maximum absolute atomic E-state index is 12.1. The van der Waals surface area contributed by atoms with Crippen molar-refractivity contribution in [2.45, 2.75) is 10.8 Å². The molecule has 1 saturated heterocycles. The van der Waals surface area contributed by atoms with Crippen LogP contribution >= 0.6 is 0 Å². The summed E-state index contributed by atoms with van der Waals surface area (Å²) in [5.74, 6) is 0.113. The molecule has 0 amide bonds. The average molecular weight is 282 g/mol. The van der Waals surface area contributed by atoms with Gasteiger partial charge in [-0.1, -0.05) is 6.07 Å². The standard InChI is InChI=1S/C13H18N2O3S/c16-11-2-1-3-12-13(11)10(9-19(12,17)18)8-15-6-4-14-5-7-15/h1-3,10,14,16H,4-9H2. The molecule has 104 valence electrons. The Labute approximate surface area is 113 Å². The molecule has 1 atom stereocenters. The maximum atomic E-state index is 12.1. The fourth-order valence-corrected chi connectivity index (χ4v) is 4.87. The molecule has 0 saturated carbocycles. The van der Waals surface area contributed by atoms with E-state index in [9.17, 15) is 13.5 Å². The van der Waals surface area contributed by atoms with Crippen molar-refractivity contribution in [2.24, 2.45) is 0 Å². The van der Waals surface area contributed by atoms with Gasteiger partial charge in [0, 0.05) is 44.2 Å². The van der Waals surface area contributed by atoms with Gasteiger partial charge in [-0.25, -0.2) is 8.42 Å². The fourth-order valence-electron chi connectivity index (χ4n) is 3.00. The second kappa shape index (κ2) is 4.77. The molecular formula is C13H18N2O3S. The van der Waals surface area contributed by atoms with E-state index in [2.05, 4.69) is 10.2 Å². The Morgan fingerprint density at radius 3 is 2.79 bits per heavy atom. The van der Waals surface area contributed by atoms with Gasteiger partial charge in [0.2, 0.25) is 0 Å². The van der Waals surface area contributed by atoms with Gasteiger partial charge in [-0.3, -0.25) is 0 Å². The van der Waals surface area contributed by atoms with Crippen LogP contribution in [-0.2, 0) is 9.84 Å². The first kappa shape index (κ1) is 12.9. The fraction of sp³-hybridized carbons (Fsp3) is 0.538. The molecule has 0 aromatic heterocycles. The summed E-state index contributed by atoms with van der Waals surface area (Å²) in [7, 11) is -3.23. The third-order valence-electron chi connectivity index (χ3n) is 3.90. The van der Waals surface area contributed by atoms with Crippen molar-refractivity contribution >= 4 is 9.84 Å². The lowest BCUT2D eigenvalue weighted by Gasteiger charge is -2.29. The van der Waals surface area contributed by atoms with Gasteiger partial charge in [0.15, 0.2) is 9.84 Å². The summed E-state index contributed by atoms with van der Waals surface area (Å²) in [6.07, 6.45) is 0. The van der Waals surface area contributed by atoms with Gasteiger partial charge in [0.05, 0.1) is 10.6 Å². The molecule has 1 fully saturated rings. The molecule has 19 heavy (non-hydrogen) atoms. The summed E-state index contributed by atoms with van der Waals surface area (Å²) in [5.41, 5.74) is 0.612. The summed E-state index contributed by atoms with van der Waals surface area (Å²) in [5, 5.41) is 13.2. The molecule has 6 heteroatoms. The van der Waals surface area contributed by atoms with Crippen molar-refractivity contribution in [3.8, 4) is 5.75 Å². The third kappa shape index (κ3) is 2.35. The van der Waals surface area contributed by atoms with Crippen molar-refractivity contribution in [3.05, 3.63) is 23.8 Å². The van der Waals surface area contributed by atoms with Gasteiger partial charge >= 0.3 is 0 Å². The predicted molar refractivity (Wildman–Crippen MR) is 72.2 cm³/mol. The third-order valence-corrected chi connectivity index (χ3v) is 5.76. The van der Waals surface area contributed by atoms with E-state index in [0.717, 1.165) is 26.2 Å². The van der Waals surface area contributed by atoms with Gasteiger partial charge in [-0.15, -0.1) is 0 Å². The molecule has 0 aliphatic carbocycles. The molecule has 5 nitrogen and oxygen atoms in total. The number of sulfone groups is 1. The van der Waals surface area contributed by atoms with Crippen LogP contribution in [0.5, 0.6) is 5.75 Å². The number of nitrogens with zero attached hydrogens (tertiary/aromatic N) is 1. The van der Waals surface area contributed by atoms with Crippen LogP contribution in [0.25, 0.3) is 0 Å². The first-order valence-corrected chi connectivity index (χ1v) is 8.21. The number of phenolic OH excluding ortho intramolecular Hbond substituents is 1. The smallest absolute Gasteiger partial charge is 0.179 e. The van der Waals surface area contributed by atoms with E-state index in [1.165, 1.54) is 0 Å². The van der Waals surface area contributed by atoms with E-state index in [0.29, 0.717) is 17.0 Å². The molecule has 0 bridgehead atoms. The minimum absolute atomic E-state index is 0.110. The highest BCUT2D eigenvalue weighted by atomic mass is 32.2. The zero-order valence-electron chi connectivity index (χ0n) is 10.7. The van der Waals surface area contributed by atoms with Crippen LogP contribution in [-0.4, -0.2) is 56.9 Å². The second-order valence-electron chi connectivity index (χ2n) is 5.22. The SMILES string of the molecule is O=S1(=O)CC(CN2CCNCC2)c2c(O)cccc21. The highest BCUT2D eigenvalue weighted by molar-refractivity contribution is 7.91. The normalized spacial score (nSPS) is 26.2. The first-order valence-electron chi connectivity index (χ1n) is 6.55. The summed E-state index contributed by atoms with van der Waals surface area (Å²) < 4.78 is 24.2. The Hall–Kier alpha value is -1.11. The van der Waals surface area contributed by atoms with Crippen LogP contribution in [0.2, 0.25) is 0 Å². The van der Waals surface area contributed by atoms with Crippen LogP contribution in [0.15, 0.2) is 23.1 Å². The number of rotatable bonds is 2. The predicted octanol–water partition coefficient (Wildman–Crippen LogP) is 0.168. The molecule has 2 heterocycles. The van der Waals surface area contributed by atoms with Crippen LogP contribution in [0.1, 0.15) is 11.5 Å². The lowest BCUT2D eigenvalue weighted by atomic mass is 9.99. The Kier molecular flexibility index (Phi) is 3.24. The average Bonchev–Trinajstić information content (AvgIpc) is 2.63. The van der Waals surface area contributed by atoms with Crippen LogP contribution in [0.4, 0.5) is 0 Å². The Bertz CT molecular complexity index is 580. The zero-order valence-corrected chi connectivity index (χ0v) is 11.5. The molecule has 1 aromatic rings. The van der Waals surface area contributed by atoms with E-state index >= 15 is 0 Å². The Balaban J connectivity index is 1.89. The van der Waals surface area contributed by atoms with Crippen LogP contribution in [0, 0.1) is 0 Å². The zero-order chi connectivity index (χ0) is 13.5. The second-order valence-corrected chi connectivity index (χ2v) is 7.22. The van der Waals surface area contributed by atoms with Crippen LogP contribution < -0.4 is 5.32 Å². The van der Waals surface area contributed by atoms with Crippen molar-refractivity contribution in [2.75, 3.05) is 38.5 Å². The number of piperazine rings is 1. The van der Waals surface area contributed by atoms with E-state index in [1.54, 1.807) is 18.2 Å². The van der Waals surface area contributed by atoms with Gasteiger partial charge in [-0.05, 0) is 12.1 Å². The molecular weight excluding hydrogens is 264 g/mol. The summed E-state index contributed by atoms with van der Waals surface area (Å²) in [4.78, 5) is 2.57. The molecule has 0 radical (unpaired) electrons. The number of nitrogens with one attached hydrogen (secondary N) is 1. The number of hydrogen-bond acceptors (Lipinski definition) is 5. The minimum atomic E-state index is -3.23. The quantitative estimate of drug-likeness (QED) is 0.809. The topological polar surface area (TPSA) is 69.6 Å². The lowest BCUT2D eigenvalue weighted by Crippen LogP contribution is -2.45. The lowest BCUT2D eigenvalue weighted by molar-refractivity contribution is 0.230. The van der Waals surface area contributed by atoms with Gasteiger partial charge < -0.3 is 15.3 Å². The number of aromatic hydroxyl groups is 1. The van der Waals surface area contributed by atoms with Crippen molar-refractivity contribution in [3.63, 3.8) is 0 Å². The number of fused-ring (bicyclic) bond motifs is 1. The first-order chi connectivity index (χ1) is 9.08. The molecule has 1 aromatic carbocycles. The van der Waals surface area contributed by atoms with Crippen molar-refractivity contribution < 1.29 is 13.5 Å². The molecule has 2 aliphatic rings. The summed E-state index contributed by atoms with van der Waals surface area (Å²) >= 11 is 0. The number of hydrogen-bond donors (Lipinski definition) is 2. The Morgan fingerprint density at radius 1 is 1.32 bits per heavy atom. The summed E-state index contributed by atoms with van der Waals surface area (Å²) in [6, 6.07) is 4.77. The van der Waals surface area contributed by atoms with E-state index in [-0.39, 0.29) is 17.4 Å². The molecule has 1 unspecified atom stereocenters. The molecule has 2 N–H and O–H groups in total. The number of benzene rings is 1. The van der Waals surface area contributed by atoms with Gasteiger partial charge in [0.1, 0.15) is 5.75 Å².